The number of ketones is 1. The zero-order valence-corrected chi connectivity index (χ0v) is 11.4. The lowest BCUT2D eigenvalue weighted by molar-refractivity contribution is -0.165. The first-order valence-corrected chi connectivity index (χ1v) is 6.65. The van der Waals surface area contributed by atoms with E-state index >= 15 is 0 Å². The van der Waals surface area contributed by atoms with Gasteiger partial charge in [-0.1, -0.05) is 56.5 Å². The molecule has 0 aliphatic heterocycles. The zero-order valence-electron chi connectivity index (χ0n) is 11.4. The van der Waals surface area contributed by atoms with E-state index in [2.05, 4.69) is 4.74 Å². The van der Waals surface area contributed by atoms with Crippen molar-refractivity contribution in [2.45, 2.75) is 38.5 Å². The first-order chi connectivity index (χ1) is 9.50. The number of benzene rings is 1. The van der Waals surface area contributed by atoms with E-state index in [0.29, 0.717) is 6.42 Å². The van der Waals surface area contributed by atoms with Crippen LogP contribution in [0.4, 0.5) is 8.78 Å². The molecule has 0 radical (unpaired) electrons. The number of unbranched alkanes of at least 4 members (excludes halogenated alkanes) is 3. The van der Waals surface area contributed by atoms with E-state index in [4.69, 9.17) is 0 Å². The molecule has 0 bridgehead atoms. The van der Waals surface area contributed by atoms with E-state index < -0.39 is 17.7 Å². The number of carbonyl (C=O) groups excluding carboxylic acids is 2. The highest BCUT2D eigenvalue weighted by atomic mass is 19.3. The third kappa shape index (κ3) is 4.40. The second-order valence-electron chi connectivity index (χ2n) is 4.47. The lowest BCUT2D eigenvalue weighted by Crippen LogP contribution is -2.39. The molecule has 0 atom stereocenters. The Hall–Kier alpha value is -1.78. The van der Waals surface area contributed by atoms with Crippen molar-refractivity contribution in [2.24, 2.45) is 0 Å². The summed E-state index contributed by atoms with van der Waals surface area (Å²) in [5, 5.41) is 0. The molecule has 1 aromatic rings. The molecule has 0 amide bonds. The molecule has 20 heavy (non-hydrogen) atoms. The van der Waals surface area contributed by atoms with Crippen LogP contribution in [0.1, 0.15) is 43.0 Å². The maximum atomic E-state index is 13.6. The van der Waals surface area contributed by atoms with Crippen LogP contribution < -0.4 is 0 Å². The fraction of sp³-hybridized carbons (Fsp3) is 0.467. The minimum atomic E-state index is -4.13. The molecule has 5 heteroatoms. The first-order valence-electron chi connectivity index (χ1n) is 6.65. The summed E-state index contributed by atoms with van der Waals surface area (Å²) >= 11 is 0. The van der Waals surface area contributed by atoms with Gasteiger partial charge in [0.05, 0.1) is 6.61 Å². The smallest absolute Gasteiger partial charge is 0.404 e. The number of esters is 1. The lowest BCUT2D eigenvalue weighted by atomic mass is 10.1. The standard InChI is InChI=1S/C15H18F2O3/c1-2-3-4-8-11-20-14(19)15(16,17)13(18)12-9-6-5-7-10-12/h5-7,9-10H,2-4,8,11H2,1H3. The normalized spacial score (nSPS) is 11.2. The Bertz CT molecular complexity index is 444. The number of halogens is 2. The number of ether oxygens (including phenoxy) is 1. The molecular formula is C15H18F2O3. The van der Waals surface area contributed by atoms with Crippen molar-refractivity contribution >= 4 is 11.8 Å². The molecule has 0 N–H and O–H groups in total. The number of Topliss-reactive ketones (excluding diaryl/α,β-unsaturated/α-hetero) is 1. The largest absolute Gasteiger partial charge is 0.461 e. The SMILES string of the molecule is CCCCCCOC(=O)C(F)(F)C(=O)c1ccccc1. The summed E-state index contributed by atoms with van der Waals surface area (Å²) in [4.78, 5) is 22.9. The highest BCUT2D eigenvalue weighted by Gasteiger charge is 2.49. The second-order valence-corrected chi connectivity index (χ2v) is 4.47. The van der Waals surface area contributed by atoms with Crippen molar-refractivity contribution in [3.8, 4) is 0 Å². The highest BCUT2D eigenvalue weighted by molar-refractivity contribution is 6.13. The number of carbonyl (C=O) groups is 2. The Morgan fingerprint density at radius 1 is 1.10 bits per heavy atom. The maximum absolute atomic E-state index is 13.6. The van der Waals surface area contributed by atoms with E-state index in [-0.39, 0.29) is 12.2 Å². The fourth-order valence-electron chi connectivity index (χ4n) is 1.65. The Morgan fingerprint density at radius 3 is 2.35 bits per heavy atom. The summed E-state index contributed by atoms with van der Waals surface area (Å²) in [6.45, 7) is 1.93. The number of hydrogen-bond donors (Lipinski definition) is 0. The van der Waals surface area contributed by atoms with Crippen molar-refractivity contribution in [1.29, 1.82) is 0 Å². The lowest BCUT2D eigenvalue weighted by Gasteiger charge is -2.14. The van der Waals surface area contributed by atoms with Crippen LogP contribution in [-0.2, 0) is 9.53 Å². The molecule has 0 heterocycles. The molecule has 0 saturated carbocycles. The van der Waals surface area contributed by atoms with Gasteiger partial charge >= 0.3 is 11.9 Å². The summed E-state index contributed by atoms with van der Waals surface area (Å²) in [7, 11) is 0. The summed E-state index contributed by atoms with van der Waals surface area (Å²) in [6.07, 6.45) is 3.28. The van der Waals surface area contributed by atoms with Gasteiger partial charge in [-0.2, -0.15) is 8.78 Å². The highest BCUT2D eigenvalue weighted by Crippen LogP contribution is 2.22. The summed E-state index contributed by atoms with van der Waals surface area (Å²) in [6, 6.07) is 7.00. The predicted octanol–water partition coefficient (Wildman–Crippen LogP) is 3.63. The van der Waals surface area contributed by atoms with Gasteiger partial charge in [0, 0.05) is 5.56 Å². The van der Waals surface area contributed by atoms with Crippen LogP contribution in [0.3, 0.4) is 0 Å². The van der Waals surface area contributed by atoms with Crippen LogP contribution in [0.5, 0.6) is 0 Å². The van der Waals surface area contributed by atoms with Gasteiger partial charge in [0.15, 0.2) is 0 Å². The van der Waals surface area contributed by atoms with Gasteiger partial charge in [-0.25, -0.2) is 4.79 Å². The Labute approximate surface area is 116 Å². The quantitative estimate of drug-likeness (QED) is 0.317. The van der Waals surface area contributed by atoms with Gasteiger partial charge in [-0.05, 0) is 6.42 Å². The van der Waals surface area contributed by atoms with Gasteiger partial charge in [0.2, 0.25) is 5.78 Å². The molecule has 1 aromatic carbocycles. The van der Waals surface area contributed by atoms with Crippen molar-refractivity contribution in [2.75, 3.05) is 6.61 Å². The number of rotatable bonds is 8. The molecule has 0 unspecified atom stereocenters. The van der Waals surface area contributed by atoms with Crippen LogP contribution in [0.25, 0.3) is 0 Å². The Morgan fingerprint density at radius 2 is 1.75 bits per heavy atom. The van der Waals surface area contributed by atoms with Crippen molar-refractivity contribution in [3.05, 3.63) is 35.9 Å². The Balaban J connectivity index is 2.54. The second kappa shape index (κ2) is 7.72. The molecular weight excluding hydrogens is 266 g/mol. The maximum Gasteiger partial charge on any atom is 0.404 e. The molecule has 0 aromatic heterocycles. The molecule has 0 fully saturated rings. The van der Waals surface area contributed by atoms with Gasteiger partial charge in [0.1, 0.15) is 0 Å². The van der Waals surface area contributed by atoms with Crippen LogP contribution in [-0.4, -0.2) is 24.3 Å². The molecule has 0 spiro atoms. The van der Waals surface area contributed by atoms with Crippen LogP contribution in [0.2, 0.25) is 0 Å². The topological polar surface area (TPSA) is 43.4 Å². The zero-order chi connectivity index (χ0) is 15.0. The molecule has 1 rings (SSSR count). The van der Waals surface area contributed by atoms with E-state index in [0.717, 1.165) is 19.3 Å². The molecule has 0 aliphatic carbocycles. The minimum Gasteiger partial charge on any atom is -0.461 e. The average Bonchev–Trinajstić information content (AvgIpc) is 2.46. The van der Waals surface area contributed by atoms with Crippen LogP contribution >= 0.6 is 0 Å². The molecule has 3 nitrogen and oxygen atoms in total. The summed E-state index contributed by atoms with van der Waals surface area (Å²) in [5.74, 6) is -7.44. The van der Waals surface area contributed by atoms with Gasteiger partial charge in [-0.15, -0.1) is 0 Å². The molecule has 0 aliphatic rings. The minimum absolute atomic E-state index is 0.0868. The van der Waals surface area contributed by atoms with E-state index in [1.165, 1.54) is 24.3 Å². The van der Waals surface area contributed by atoms with Crippen molar-refractivity contribution in [1.82, 2.24) is 0 Å². The van der Waals surface area contributed by atoms with E-state index in [1.807, 2.05) is 6.92 Å². The van der Waals surface area contributed by atoms with Crippen molar-refractivity contribution < 1.29 is 23.1 Å². The Kier molecular flexibility index (Phi) is 6.28. The predicted molar refractivity (Wildman–Crippen MR) is 70.8 cm³/mol. The average molecular weight is 284 g/mol. The first kappa shape index (κ1) is 16.3. The molecule has 110 valence electrons. The van der Waals surface area contributed by atoms with Gasteiger partial charge < -0.3 is 4.74 Å². The van der Waals surface area contributed by atoms with Crippen LogP contribution in [0, 0.1) is 0 Å². The summed E-state index contributed by atoms with van der Waals surface area (Å²) < 4.78 is 31.8. The third-order valence-electron chi connectivity index (χ3n) is 2.81. The molecule has 0 saturated heterocycles. The monoisotopic (exact) mass is 284 g/mol. The van der Waals surface area contributed by atoms with Gasteiger partial charge in [-0.3, -0.25) is 4.79 Å². The third-order valence-corrected chi connectivity index (χ3v) is 2.81. The van der Waals surface area contributed by atoms with E-state index in [1.54, 1.807) is 6.07 Å². The summed E-state index contributed by atoms with van der Waals surface area (Å²) in [5.41, 5.74) is -0.208. The number of hydrogen-bond acceptors (Lipinski definition) is 3. The number of alkyl halides is 2. The fourth-order valence-corrected chi connectivity index (χ4v) is 1.65. The van der Waals surface area contributed by atoms with Crippen molar-refractivity contribution in [3.63, 3.8) is 0 Å². The van der Waals surface area contributed by atoms with Gasteiger partial charge in [0.25, 0.3) is 0 Å². The van der Waals surface area contributed by atoms with Crippen LogP contribution in [0.15, 0.2) is 30.3 Å². The van der Waals surface area contributed by atoms with E-state index in [9.17, 15) is 18.4 Å².